The van der Waals surface area contributed by atoms with Crippen LogP contribution >= 0.6 is 0 Å². The molecule has 0 bridgehead atoms. The van der Waals surface area contributed by atoms with E-state index < -0.39 is 0 Å². The summed E-state index contributed by atoms with van der Waals surface area (Å²) in [6.07, 6.45) is 1.48. The van der Waals surface area contributed by atoms with Gasteiger partial charge in [-0.15, -0.1) is 5.10 Å². The van der Waals surface area contributed by atoms with Gasteiger partial charge in [-0.2, -0.15) is 9.67 Å². The fourth-order valence-corrected chi connectivity index (χ4v) is 1.19. The Bertz CT molecular complexity index is 510. The molecule has 0 spiro atoms. The molecule has 2 aromatic rings. The van der Waals surface area contributed by atoms with Crippen LogP contribution in [-0.4, -0.2) is 26.3 Å². The van der Waals surface area contributed by atoms with Crippen LogP contribution in [0.1, 0.15) is 5.82 Å². The summed E-state index contributed by atoms with van der Waals surface area (Å²) in [6.45, 7) is 1.80. The van der Waals surface area contributed by atoms with E-state index in [4.69, 9.17) is 0 Å². The number of tetrazole rings is 1. The minimum atomic E-state index is 0.555. The van der Waals surface area contributed by atoms with Crippen molar-refractivity contribution in [2.75, 3.05) is 0 Å². The van der Waals surface area contributed by atoms with Crippen molar-refractivity contribution >= 4 is 11.8 Å². The predicted molar refractivity (Wildman–Crippen MR) is 51.7 cm³/mol. The second-order valence-electron chi connectivity index (χ2n) is 2.86. The number of hydrogen-bond donors (Lipinski definition) is 0. The zero-order valence-electron chi connectivity index (χ0n) is 7.95. The monoisotopic (exact) mass is 201 g/mol. The first-order chi connectivity index (χ1) is 7.31. The smallest absolute Gasteiger partial charge is 0.211 e. The SMILES string of the molecule is Cc1nnnn1-c1ccc(N=C=O)cc1. The first kappa shape index (κ1) is 9.23. The van der Waals surface area contributed by atoms with Gasteiger partial charge in [-0.05, 0) is 41.6 Å². The average molecular weight is 201 g/mol. The summed E-state index contributed by atoms with van der Waals surface area (Å²) in [6, 6.07) is 6.95. The first-order valence-corrected chi connectivity index (χ1v) is 4.24. The molecule has 2 rings (SSSR count). The Kier molecular flexibility index (Phi) is 2.35. The third kappa shape index (κ3) is 1.79. The van der Waals surface area contributed by atoms with Crippen molar-refractivity contribution in [1.29, 1.82) is 0 Å². The number of hydrogen-bond acceptors (Lipinski definition) is 5. The minimum Gasteiger partial charge on any atom is -0.211 e. The molecule has 0 aliphatic carbocycles. The van der Waals surface area contributed by atoms with Gasteiger partial charge in [0.2, 0.25) is 6.08 Å². The predicted octanol–water partition coefficient (Wildman–Crippen LogP) is 0.938. The highest BCUT2D eigenvalue weighted by Gasteiger charge is 2.02. The van der Waals surface area contributed by atoms with Crippen molar-refractivity contribution in [2.45, 2.75) is 6.92 Å². The second kappa shape index (κ2) is 3.81. The maximum atomic E-state index is 10.0. The van der Waals surface area contributed by atoms with Gasteiger partial charge in [0, 0.05) is 0 Å². The van der Waals surface area contributed by atoms with Gasteiger partial charge in [-0.3, -0.25) is 0 Å². The molecule has 0 saturated carbocycles. The fourth-order valence-electron chi connectivity index (χ4n) is 1.19. The molecule has 0 atom stereocenters. The number of aryl methyl sites for hydroxylation is 1. The zero-order valence-corrected chi connectivity index (χ0v) is 7.95. The van der Waals surface area contributed by atoms with Crippen molar-refractivity contribution < 1.29 is 4.79 Å². The van der Waals surface area contributed by atoms with Crippen LogP contribution in [0, 0.1) is 6.92 Å². The van der Waals surface area contributed by atoms with Crippen molar-refractivity contribution in [1.82, 2.24) is 20.2 Å². The van der Waals surface area contributed by atoms with E-state index in [0.717, 1.165) is 5.69 Å². The third-order valence-electron chi connectivity index (χ3n) is 1.89. The molecule has 1 heterocycles. The minimum absolute atomic E-state index is 0.555. The summed E-state index contributed by atoms with van der Waals surface area (Å²) < 4.78 is 1.59. The molecule has 0 fully saturated rings. The molecule has 6 heteroatoms. The Labute approximate surface area is 85.3 Å². The van der Waals surface area contributed by atoms with Gasteiger partial charge < -0.3 is 0 Å². The van der Waals surface area contributed by atoms with E-state index in [2.05, 4.69) is 20.5 Å². The maximum absolute atomic E-state index is 10.0. The molecule has 0 aliphatic heterocycles. The average Bonchev–Trinajstić information content (AvgIpc) is 2.66. The zero-order chi connectivity index (χ0) is 10.7. The summed E-state index contributed by atoms with van der Waals surface area (Å²) in [4.78, 5) is 13.5. The normalized spacial score (nSPS) is 9.67. The van der Waals surface area contributed by atoms with E-state index in [-0.39, 0.29) is 0 Å². The van der Waals surface area contributed by atoms with Crippen molar-refractivity contribution in [3.63, 3.8) is 0 Å². The lowest BCUT2D eigenvalue weighted by Gasteiger charge is -2.00. The van der Waals surface area contributed by atoms with Crippen LogP contribution in [-0.2, 0) is 4.79 Å². The molecule has 1 aromatic heterocycles. The van der Waals surface area contributed by atoms with Crippen LogP contribution in [0.15, 0.2) is 29.3 Å². The lowest BCUT2D eigenvalue weighted by Crippen LogP contribution is -1.98. The highest BCUT2D eigenvalue weighted by atomic mass is 16.1. The van der Waals surface area contributed by atoms with E-state index >= 15 is 0 Å². The molecule has 1 aromatic carbocycles. The third-order valence-corrected chi connectivity index (χ3v) is 1.89. The summed E-state index contributed by atoms with van der Waals surface area (Å²) in [5.41, 5.74) is 1.38. The Hall–Kier alpha value is -2.33. The molecule has 6 nitrogen and oxygen atoms in total. The lowest BCUT2D eigenvalue weighted by atomic mass is 10.3. The van der Waals surface area contributed by atoms with E-state index in [9.17, 15) is 4.79 Å². The molecule has 15 heavy (non-hydrogen) atoms. The van der Waals surface area contributed by atoms with Crippen molar-refractivity contribution in [3.8, 4) is 5.69 Å². The standard InChI is InChI=1S/C9H7N5O/c1-7-11-12-13-14(7)9-4-2-8(3-5-9)10-6-15/h2-5H,1H3. The van der Waals surface area contributed by atoms with Crippen LogP contribution in [0.2, 0.25) is 0 Å². The molecule has 0 unspecified atom stereocenters. The van der Waals surface area contributed by atoms with Crippen LogP contribution in [0.25, 0.3) is 5.69 Å². The van der Waals surface area contributed by atoms with E-state index in [1.54, 1.807) is 35.9 Å². The number of carbonyl (C=O) groups excluding carboxylic acids is 1. The van der Waals surface area contributed by atoms with Gasteiger partial charge in [0.05, 0.1) is 11.4 Å². The van der Waals surface area contributed by atoms with Gasteiger partial charge in [0.15, 0.2) is 5.82 Å². The Morgan fingerprint density at radius 2 is 2.07 bits per heavy atom. The number of nitrogens with zero attached hydrogens (tertiary/aromatic N) is 5. The molecule has 0 N–H and O–H groups in total. The lowest BCUT2D eigenvalue weighted by molar-refractivity contribution is 0.565. The number of aromatic nitrogens is 4. The molecule has 0 amide bonds. The molecular weight excluding hydrogens is 194 g/mol. The summed E-state index contributed by atoms with van der Waals surface area (Å²) in [5, 5.41) is 11.1. The van der Waals surface area contributed by atoms with Crippen molar-refractivity contribution in [3.05, 3.63) is 30.1 Å². The Balaban J connectivity index is 2.40. The van der Waals surface area contributed by atoms with E-state index in [1.807, 2.05) is 0 Å². The van der Waals surface area contributed by atoms with Gasteiger partial charge in [0.1, 0.15) is 0 Å². The quantitative estimate of drug-likeness (QED) is 0.535. The highest BCUT2D eigenvalue weighted by molar-refractivity contribution is 5.51. The van der Waals surface area contributed by atoms with Crippen LogP contribution in [0.4, 0.5) is 5.69 Å². The van der Waals surface area contributed by atoms with Crippen LogP contribution in [0.5, 0.6) is 0 Å². The van der Waals surface area contributed by atoms with Gasteiger partial charge >= 0.3 is 0 Å². The van der Waals surface area contributed by atoms with Gasteiger partial charge in [-0.25, -0.2) is 4.79 Å². The number of aliphatic imine (C=N–C) groups is 1. The topological polar surface area (TPSA) is 73.0 Å². The second-order valence-corrected chi connectivity index (χ2v) is 2.86. The van der Waals surface area contributed by atoms with Crippen LogP contribution < -0.4 is 0 Å². The summed E-state index contributed by atoms with van der Waals surface area (Å²) >= 11 is 0. The molecular formula is C9H7N5O. The first-order valence-electron chi connectivity index (χ1n) is 4.24. The van der Waals surface area contributed by atoms with Gasteiger partial charge in [-0.1, -0.05) is 0 Å². The highest BCUT2D eigenvalue weighted by Crippen LogP contribution is 2.14. The van der Waals surface area contributed by atoms with E-state index in [0.29, 0.717) is 11.5 Å². The molecule has 0 aliphatic rings. The van der Waals surface area contributed by atoms with Crippen LogP contribution in [0.3, 0.4) is 0 Å². The molecule has 0 radical (unpaired) electrons. The van der Waals surface area contributed by atoms with Gasteiger partial charge in [0.25, 0.3) is 0 Å². The van der Waals surface area contributed by atoms with E-state index in [1.165, 1.54) is 6.08 Å². The summed E-state index contributed by atoms with van der Waals surface area (Å²) in [5.74, 6) is 0.696. The number of rotatable bonds is 2. The maximum Gasteiger partial charge on any atom is 0.240 e. The Morgan fingerprint density at radius 1 is 1.33 bits per heavy atom. The summed E-state index contributed by atoms with van der Waals surface area (Å²) in [7, 11) is 0. The number of benzene rings is 1. The number of isocyanates is 1. The Morgan fingerprint density at radius 3 is 2.60 bits per heavy atom. The largest absolute Gasteiger partial charge is 0.240 e. The molecule has 0 saturated heterocycles. The fraction of sp³-hybridized carbons (Fsp3) is 0.111. The van der Waals surface area contributed by atoms with Crippen molar-refractivity contribution in [2.24, 2.45) is 4.99 Å². The molecule has 74 valence electrons.